The number of ether oxygens (including phenoxy) is 2. The minimum absolute atomic E-state index is 0.0468. The van der Waals surface area contributed by atoms with E-state index in [1.54, 1.807) is 55.6 Å². The van der Waals surface area contributed by atoms with Crippen LogP contribution >= 0.6 is 0 Å². The van der Waals surface area contributed by atoms with E-state index in [9.17, 15) is 9.59 Å². The quantitative estimate of drug-likeness (QED) is 0.819. The van der Waals surface area contributed by atoms with Gasteiger partial charge in [0, 0.05) is 5.69 Å². The summed E-state index contributed by atoms with van der Waals surface area (Å²) in [6, 6.07) is 13.6. The summed E-state index contributed by atoms with van der Waals surface area (Å²) in [6.45, 7) is -0.122. The van der Waals surface area contributed by atoms with E-state index in [-0.39, 0.29) is 18.9 Å². The van der Waals surface area contributed by atoms with Crippen LogP contribution in [0, 0.1) is 0 Å². The SMILES string of the molecule is COc1ccc(OCC(=O)Nc2ccc(CC(=O)O)cc2)cc1. The van der Waals surface area contributed by atoms with Crippen LogP contribution in [0.4, 0.5) is 5.69 Å². The molecule has 1 amide bonds. The summed E-state index contributed by atoms with van der Waals surface area (Å²) >= 11 is 0. The number of nitrogens with one attached hydrogen (secondary N) is 1. The van der Waals surface area contributed by atoms with Crippen LogP contribution in [0.2, 0.25) is 0 Å². The Kier molecular flexibility index (Phi) is 5.57. The Bertz CT molecular complexity index is 664. The highest BCUT2D eigenvalue weighted by atomic mass is 16.5. The predicted octanol–water partition coefficient (Wildman–Crippen LogP) is 2.34. The minimum atomic E-state index is -0.894. The van der Waals surface area contributed by atoms with E-state index >= 15 is 0 Å². The standard InChI is InChI=1S/C17H17NO5/c1-22-14-6-8-15(9-7-14)23-11-16(19)18-13-4-2-12(3-5-13)10-17(20)21/h2-9H,10-11H2,1H3,(H,18,19)(H,20,21). The van der Waals surface area contributed by atoms with Crippen LogP contribution in [0.15, 0.2) is 48.5 Å². The van der Waals surface area contributed by atoms with Gasteiger partial charge in [-0.25, -0.2) is 0 Å². The maximum Gasteiger partial charge on any atom is 0.307 e. The van der Waals surface area contributed by atoms with Crippen molar-refractivity contribution in [2.24, 2.45) is 0 Å². The molecule has 0 saturated carbocycles. The van der Waals surface area contributed by atoms with Crippen LogP contribution in [-0.2, 0) is 16.0 Å². The molecule has 0 aliphatic heterocycles. The minimum Gasteiger partial charge on any atom is -0.497 e. The van der Waals surface area contributed by atoms with E-state index in [1.807, 2.05) is 0 Å². The van der Waals surface area contributed by atoms with Crippen molar-refractivity contribution in [3.8, 4) is 11.5 Å². The van der Waals surface area contributed by atoms with Gasteiger partial charge in [-0.05, 0) is 42.0 Å². The average molecular weight is 315 g/mol. The van der Waals surface area contributed by atoms with Crippen molar-refractivity contribution in [3.05, 3.63) is 54.1 Å². The second-order valence-electron chi connectivity index (χ2n) is 4.78. The molecule has 0 radical (unpaired) electrons. The normalized spacial score (nSPS) is 9.96. The number of rotatable bonds is 7. The summed E-state index contributed by atoms with van der Waals surface area (Å²) in [6.07, 6.45) is -0.0468. The van der Waals surface area contributed by atoms with E-state index in [0.717, 1.165) is 0 Å². The fourth-order valence-electron chi connectivity index (χ4n) is 1.90. The number of anilines is 1. The second-order valence-corrected chi connectivity index (χ2v) is 4.78. The third-order valence-corrected chi connectivity index (χ3v) is 3.02. The largest absolute Gasteiger partial charge is 0.497 e. The molecule has 0 spiro atoms. The van der Waals surface area contributed by atoms with Gasteiger partial charge in [-0.2, -0.15) is 0 Å². The number of carboxylic acid groups (broad SMARTS) is 1. The van der Waals surface area contributed by atoms with Gasteiger partial charge in [0.15, 0.2) is 6.61 Å². The highest BCUT2D eigenvalue weighted by Gasteiger charge is 2.05. The molecule has 0 unspecified atom stereocenters. The first-order valence-corrected chi connectivity index (χ1v) is 6.94. The third-order valence-electron chi connectivity index (χ3n) is 3.02. The summed E-state index contributed by atoms with van der Waals surface area (Å²) in [7, 11) is 1.57. The maximum atomic E-state index is 11.8. The van der Waals surface area contributed by atoms with Crippen LogP contribution in [0.25, 0.3) is 0 Å². The zero-order valence-electron chi connectivity index (χ0n) is 12.6. The lowest BCUT2D eigenvalue weighted by atomic mass is 10.1. The Morgan fingerprint density at radius 1 is 1.00 bits per heavy atom. The molecule has 2 aromatic carbocycles. The van der Waals surface area contributed by atoms with Crippen molar-refractivity contribution in [1.82, 2.24) is 0 Å². The molecule has 0 aromatic heterocycles. The first-order valence-electron chi connectivity index (χ1n) is 6.94. The number of hydrogen-bond acceptors (Lipinski definition) is 4. The summed E-state index contributed by atoms with van der Waals surface area (Å²) in [5.74, 6) is 0.0856. The molecule has 0 atom stereocenters. The number of benzene rings is 2. The predicted molar refractivity (Wildman–Crippen MR) is 84.9 cm³/mol. The molecular weight excluding hydrogens is 298 g/mol. The molecule has 0 heterocycles. The van der Waals surface area contributed by atoms with Crippen LogP contribution in [0.5, 0.6) is 11.5 Å². The van der Waals surface area contributed by atoms with E-state index in [4.69, 9.17) is 14.6 Å². The molecule has 2 aromatic rings. The molecule has 23 heavy (non-hydrogen) atoms. The fraction of sp³-hybridized carbons (Fsp3) is 0.176. The maximum absolute atomic E-state index is 11.8. The first-order chi connectivity index (χ1) is 11.1. The van der Waals surface area contributed by atoms with Crippen molar-refractivity contribution >= 4 is 17.6 Å². The smallest absolute Gasteiger partial charge is 0.307 e. The van der Waals surface area contributed by atoms with E-state index < -0.39 is 5.97 Å². The van der Waals surface area contributed by atoms with E-state index in [1.165, 1.54) is 0 Å². The lowest BCUT2D eigenvalue weighted by molar-refractivity contribution is -0.136. The Morgan fingerprint density at radius 3 is 2.17 bits per heavy atom. The van der Waals surface area contributed by atoms with Gasteiger partial charge in [-0.15, -0.1) is 0 Å². The summed E-state index contributed by atoms with van der Waals surface area (Å²) in [5, 5.41) is 11.4. The van der Waals surface area contributed by atoms with Gasteiger partial charge in [-0.3, -0.25) is 9.59 Å². The molecule has 0 aliphatic carbocycles. The van der Waals surface area contributed by atoms with Crippen LogP contribution < -0.4 is 14.8 Å². The number of methoxy groups -OCH3 is 1. The Balaban J connectivity index is 1.82. The molecule has 0 aliphatic rings. The lowest BCUT2D eigenvalue weighted by Gasteiger charge is -2.08. The summed E-state index contributed by atoms with van der Waals surface area (Å²) in [5.41, 5.74) is 1.26. The second kappa shape index (κ2) is 7.84. The van der Waals surface area contributed by atoms with Gasteiger partial charge in [-0.1, -0.05) is 12.1 Å². The highest BCUT2D eigenvalue weighted by molar-refractivity contribution is 5.91. The van der Waals surface area contributed by atoms with Crippen LogP contribution in [-0.4, -0.2) is 30.7 Å². The molecule has 2 rings (SSSR count). The van der Waals surface area contributed by atoms with E-state index in [0.29, 0.717) is 22.7 Å². The van der Waals surface area contributed by atoms with Gasteiger partial charge in [0.05, 0.1) is 13.5 Å². The molecule has 0 fully saturated rings. The van der Waals surface area contributed by atoms with Crippen molar-refractivity contribution in [3.63, 3.8) is 0 Å². The van der Waals surface area contributed by atoms with Gasteiger partial charge >= 0.3 is 5.97 Å². The van der Waals surface area contributed by atoms with Crippen molar-refractivity contribution < 1.29 is 24.2 Å². The molecule has 120 valence electrons. The zero-order valence-corrected chi connectivity index (χ0v) is 12.6. The van der Waals surface area contributed by atoms with Crippen LogP contribution in [0.1, 0.15) is 5.56 Å². The number of amides is 1. The summed E-state index contributed by atoms with van der Waals surface area (Å²) in [4.78, 5) is 22.4. The average Bonchev–Trinajstić information content (AvgIpc) is 2.55. The number of aliphatic carboxylic acids is 1. The topological polar surface area (TPSA) is 84.9 Å². The lowest BCUT2D eigenvalue weighted by Crippen LogP contribution is -2.20. The highest BCUT2D eigenvalue weighted by Crippen LogP contribution is 2.17. The van der Waals surface area contributed by atoms with Crippen LogP contribution in [0.3, 0.4) is 0 Å². The number of carbonyl (C=O) groups excluding carboxylic acids is 1. The number of hydrogen-bond donors (Lipinski definition) is 2. The van der Waals surface area contributed by atoms with E-state index in [2.05, 4.69) is 5.32 Å². The van der Waals surface area contributed by atoms with Crippen molar-refractivity contribution in [2.75, 3.05) is 19.0 Å². The molecule has 6 heteroatoms. The Labute approximate surface area is 133 Å². The molecule has 6 nitrogen and oxygen atoms in total. The number of carbonyl (C=O) groups is 2. The molecule has 0 bridgehead atoms. The Morgan fingerprint density at radius 2 is 1.61 bits per heavy atom. The monoisotopic (exact) mass is 315 g/mol. The third kappa shape index (κ3) is 5.35. The zero-order chi connectivity index (χ0) is 16.7. The fourth-order valence-corrected chi connectivity index (χ4v) is 1.90. The van der Waals surface area contributed by atoms with Gasteiger partial charge in [0.25, 0.3) is 5.91 Å². The van der Waals surface area contributed by atoms with Gasteiger partial charge in [0.2, 0.25) is 0 Å². The van der Waals surface area contributed by atoms with Crippen molar-refractivity contribution in [2.45, 2.75) is 6.42 Å². The molecular formula is C17H17NO5. The van der Waals surface area contributed by atoms with Gasteiger partial charge in [0.1, 0.15) is 11.5 Å². The Hall–Kier alpha value is -3.02. The van der Waals surface area contributed by atoms with Gasteiger partial charge < -0.3 is 19.9 Å². The number of carboxylic acids is 1. The first kappa shape index (κ1) is 16.4. The molecule has 2 N–H and O–H groups in total. The van der Waals surface area contributed by atoms with Crippen molar-refractivity contribution in [1.29, 1.82) is 0 Å². The molecule has 0 saturated heterocycles. The summed E-state index contributed by atoms with van der Waals surface area (Å²) < 4.78 is 10.4.